The van der Waals surface area contributed by atoms with Crippen molar-refractivity contribution in [1.29, 1.82) is 0 Å². The van der Waals surface area contributed by atoms with Crippen molar-refractivity contribution in [3.8, 4) is 0 Å². The lowest BCUT2D eigenvalue weighted by molar-refractivity contribution is -0.0466. The fourth-order valence-corrected chi connectivity index (χ4v) is 5.67. The Balaban J connectivity index is 1.59. The highest BCUT2D eigenvalue weighted by Crippen LogP contribution is 2.47. The lowest BCUT2D eigenvalue weighted by Crippen LogP contribution is -2.49. The van der Waals surface area contributed by atoms with Crippen LogP contribution in [0, 0.1) is 5.92 Å². The summed E-state index contributed by atoms with van der Waals surface area (Å²) in [7, 11) is 1.77. The van der Waals surface area contributed by atoms with Crippen LogP contribution in [0.15, 0.2) is 16.4 Å². The average Bonchev–Trinajstić information content (AvgIpc) is 3.28. The molecule has 1 saturated heterocycles. The minimum Gasteiger partial charge on any atom is -0.379 e. The molecule has 1 fully saturated rings. The first-order valence-electron chi connectivity index (χ1n) is 9.31. The van der Waals surface area contributed by atoms with E-state index in [-0.39, 0.29) is 12.0 Å². The van der Waals surface area contributed by atoms with Gasteiger partial charge in [-0.3, -0.25) is 9.48 Å². The zero-order valence-electron chi connectivity index (χ0n) is 16.1. The smallest absolute Gasteiger partial charge is 0.275 e. The van der Waals surface area contributed by atoms with E-state index in [1.165, 1.54) is 11.3 Å². The molecule has 8 nitrogen and oxygen atoms in total. The summed E-state index contributed by atoms with van der Waals surface area (Å²) in [5, 5.41) is 10.5. The summed E-state index contributed by atoms with van der Waals surface area (Å²) in [6.07, 6.45) is 1.90. The molecule has 2 aliphatic rings. The lowest BCUT2D eigenvalue weighted by atomic mass is 9.80. The number of thioether (sulfide) groups is 1. The van der Waals surface area contributed by atoms with Gasteiger partial charge in [-0.15, -0.1) is 11.3 Å². The van der Waals surface area contributed by atoms with Gasteiger partial charge < -0.3 is 15.8 Å². The number of aryl methyl sites for hydroxylation is 2. The van der Waals surface area contributed by atoms with E-state index < -0.39 is 5.54 Å². The van der Waals surface area contributed by atoms with Crippen LogP contribution in [0.3, 0.4) is 0 Å². The number of fused-ring (bicyclic) bond motifs is 1. The molecule has 4 heterocycles. The predicted octanol–water partition coefficient (Wildman–Crippen LogP) is 2.37. The molecule has 150 valence electrons. The van der Waals surface area contributed by atoms with Gasteiger partial charge in [0.2, 0.25) is 0 Å². The maximum Gasteiger partial charge on any atom is 0.275 e. The number of rotatable bonds is 4. The van der Waals surface area contributed by atoms with Crippen molar-refractivity contribution in [3.63, 3.8) is 0 Å². The second-order valence-electron chi connectivity index (χ2n) is 7.23. The van der Waals surface area contributed by atoms with E-state index in [9.17, 15) is 4.79 Å². The molecule has 3 N–H and O–H groups in total. The SMILES string of the molecule is CCc1cc(C(=O)Nc2csc(C34CO[C@@H](C)C[C@H]3CSC(N)=N4)n2)n(C)n1. The molecule has 0 bridgehead atoms. The third-order valence-corrected chi connectivity index (χ3v) is 7.23. The van der Waals surface area contributed by atoms with Crippen molar-refractivity contribution >= 4 is 40.0 Å². The number of amidine groups is 1. The quantitative estimate of drug-likeness (QED) is 0.786. The number of aliphatic imine (C=N–C) groups is 1. The summed E-state index contributed by atoms with van der Waals surface area (Å²) >= 11 is 3.08. The van der Waals surface area contributed by atoms with Crippen molar-refractivity contribution in [2.45, 2.75) is 38.3 Å². The van der Waals surface area contributed by atoms with Crippen LogP contribution < -0.4 is 11.1 Å². The summed E-state index contributed by atoms with van der Waals surface area (Å²) in [6.45, 7) is 4.55. The summed E-state index contributed by atoms with van der Waals surface area (Å²) in [6, 6.07) is 1.80. The summed E-state index contributed by atoms with van der Waals surface area (Å²) in [5.74, 6) is 1.51. The molecule has 4 rings (SSSR count). The topological polar surface area (TPSA) is 107 Å². The molecule has 0 saturated carbocycles. The first-order valence-corrected chi connectivity index (χ1v) is 11.2. The predicted molar refractivity (Wildman–Crippen MR) is 112 cm³/mol. The Bertz CT molecular complexity index is 923. The molecule has 10 heteroatoms. The van der Waals surface area contributed by atoms with Gasteiger partial charge in [-0.2, -0.15) is 5.10 Å². The number of hydrogen-bond acceptors (Lipinski definition) is 8. The highest BCUT2D eigenvalue weighted by atomic mass is 32.2. The van der Waals surface area contributed by atoms with E-state index in [4.69, 9.17) is 20.4 Å². The van der Waals surface area contributed by atoms with E-state index in [0.717, 1.165) is 29.3 Å². The van der Waals surface area contributed by atoms with Gasteiger partial charge in [0.1, 0.15) is 22.1 Å². The van der Waals surface area contributed by atoms with E-state index in [1.54, 1.807) is 29.6 Å². The highest BCUT2D eigenvalue weighted by Gasteiger charge is 2.49. The number of anilines is 1. The molecule has 0 radical (unpaired) electrons. The molecule has 28 heavy (non-hydrogen) atoms. The van der Waals surface area contributed by atoms with Crippen molar-refractivity contribution in [3.05, 3.63) is 27.8 Å². The van der Waals surface area contributed by atoms with Crippen LogP contribution in [0.4, 0.5) is 5.82 Å². The first kappa shape index (κ1) is 19.4. The second kappa shape index (κ2) is 7.49. The monoisotopic (exact) mass is 420 g/mol. The number of ether oxygens (including phenoxy) is 1. The Morgan fingerprint density at radius 2 is 2.36 bits per heavy atom. The lowest BCUT2D eigenvalue weighted by Gasteiger charge is -2.44. The largest absolute Gasteiger partial charge is 0.379 e. The van der Waals surface area contributed by atoms with Crippen LogP contribution in [-0.2, 0) is 23.7 Å². The minimum atomic E-state index is -0.558. The Morgan fingerprint density at radius 1 is 1.54 bits per heavy atom. The molecule has 2 aromatic heterocycles. The van der Waals surface area contributed by atoms with Crippen LogP contribution in [0.2, 0.25) is 0 Å². The number of thiazole rings is 1. The molecule has 3 atom stereocenters. The number of hydrogen-bond donors (Lipinski definition) is 2. The number of nitrogens with zero attached hydrogens (tertiary/aromatic N) is 4. The van der Waals surface area contributed by atoms with Crippen LogP contribution in [0.5, 0.6) is 0 Å². The zero-order chi connectivity index (χ0) is 19.9. The van der Waals surface area contributed by atoms with Crippen LogP contribution >= 0.6 is 23.1 Å². The number of nitrogens with one attached hydrogen (secondary N) is 1. The Labute approximate surface area is 172 Å². The van der Waals surface area contributed by atoms with Gasteiger partial charge >= 0.3 is 0 Å². The van der Waals surface area contributed by atoms with E-state index in [2.05, 4.69) is 17.3 Å². The molecule has 0 spiro atoms. The molecular weight excluding hydrogens is 396 g/mol. The number of carbonyl (C=O) groups excluding carboxylic acids is 1. The third kappa shape index (κ3) is 3.44. The van der Waals surface area contributed by atoms with E-state index >= 15 is 0 Å². The number of amides is 1. The van der Waals surface area contributed by atoms with Gasteiger partial charge in [-0.05, 0) is 25.8 Å². The van der Waals surface area contributed by atoms with Gasteiger partial charge in [-0.25, -0.2) is 9.98 Å². The normalized spacial score (nSPS) is 27.2. The Hall–Kier alpha value is -1.91. The molecule has 0 aliphatic carbocycles. The van der Waals surface area contributed by atoms with Crippen molar-refractivity contribution in [2.75, 3.05) is 17.7 Å². The van der Waals surface area contributed by atoms with Gasteiger partial charge in [0.15, 0.2) is 5.17 Å². The fourth-order valence-electron chi connectivity index (χ4n) is 3.70. The van der Waals surface area contributed by atoms with Gasteiger partial charge in [0, 0.05) is 24.1 Å². The maximum atomic E-state index is 12.6. The number of nitrogens with two attached hydrogens (primary N) is 1. The van der Waals surface area contributed by atoms with Crippen molar-refractivity contribution < 1.29 is 9.53 Å². The van der Waals surface area contributed by atoms with E-state index in [1.807, 2.05) is 12.3 Å². The van der Waals surface area contributed by atoms with E-state index in [0.29, 0.717) is 29.2 Å². The number of aromatic nitrogens is 3. The third-order valence-electron chi connectivity index (χ3n) is 5.26. The Morgan fingerprint density at radius 3 is 3.11 bits per heavy atom. The first-order chi connectivity index (χ1) is 13.4. The van der Waals surface area contributed by atoms with Crippen LogP contribution in [0.25, 0.3) is 0 Å². The molecule has 1 amide bonds. The van der Waals surface area contributed by atoms with Crippen LogP contribution in [-0.4, -0.2) is 44.3 Å². The molecule has 2 aliphatic heterocycles. The Kier molecular flexibility index (Phi) is 5.19. The minimum absolute atomic E-state index is 0.199. The van der Waals surface area contributed by atoms with Crippen molar-refractivity contribution in [2.24, 2.45) is 23.7 Å². The van der Waals surface area contributed by atoms with Crippen molar-refractivity contribution in [1.82, 2.24) is 14.8 Å². The summed E-state index contributed by atoms with van der Waals surface area (Å²) in [5.41, 5.74) is 6.88. The summed E-state index contributed by atoms with van der Waals surface area (Å²) < 4.78 is 7.53. The standard InChI is InChI=1S/C18H24N6O2S2/c1-4-12-6-13(24(3)23-12)15(25)20-14-8-27-16(21-14)18-9-26-10(2)5-11(18)7-28-17(19)22-18/h6,8,10-11H,4-5,7,9H2,1-3H3,(H2,19,22)(H,20,25)/t10-,11-,18?/m0/s1. The molecular formula is C18H24N6O2S2. The van der Waals surface area contributed by atoms with Gasteiger partial charge in [-0.1, -0.05) is 18.7 Å². The average molecular weight is 421 g/mol. The second-order valence-corrected chi connectivity index (χ2v) is 9.13. The summed E-state index contributed by atoms with van der Waals surface area (Å²) in [4.78, 5) is 22.1. The number of carbonyl (C=O) groups is 1. The molecule has 0 aromatic carbocycles. The maximum absolute atomic E-state index is 12.6. The highest BCUT2D eigenvalue weighted by molar-refractivity contribution is 8.13. The molecule has 2 aromatic rings. The van der Waals surface area contributed by atoms with Gasteiger partial charge in [0.25, 0.3) is 5.91 Å². The fraction of sp³-hybridized carbons (Fsp3) is 0.556. The van der Waals surface area contributed by atoms with Crippen LogP contribution in [0.1, 0.15) is 41.5 Å². The molecule has 1 unspecified atom stereocenters. The zero-order valence-corrected chi connectivity index (χ0v) is 17.8. The van der Waals surface area contributed by atoms with Gasteiger partial charge in [0.05, 0.1) is 18.4 Å².